The van der Waals surface area contributed by atoms with Crippen LogP contribution in [-0.2, 0) is 11.3 Å². The Hall–Kier alpha value is -3.31. The molecule has 4 heteroatoms. The number of hydrogen-bond acceptors (Lipinski definition) is 2. The molecule has 208 valence electrons. The fourth-order valence-electron chi connectivity index (χ4n) is 7.82. The van der Waals surface area contributed by atoms with Gasteiger partial charge in [0.25, 0.3) is 0 Å². The number of para-hydroxylation sites is 1. The summed E-state index contributed by atoms with van der Waals surface area (Å²) < 4.78 is 7.79. The minimum absolute atomic E-state index is 0. The van der Waals surface area contributed by atoms with E-state index in [1.807, 2.05) is 12.3 Å². The zero-order chi connectivity index (χ0) is 27.1. The molecule has 3 fully saturated rings. The molecular formula is C37H37BrN2O. The quantitative estimate of drug-likeness (QED) is 0.134. The average molecular weight is 606 g/mol. The molecule has 0 radical (unpaired) electrons. The van der Waals surface area contributed by atoms with Crippen LogP contribution in [0.2, 0.25) is 0 Å². The number of quaternary nitrogens is 1. The van der Waals surface area contributed by atoms with Gasteiger partial charge >= 0.3 is 0 Å². The molecule has 0 N–H and O–H groups in total. The molecule has 4 aromatic carbocycles. The number of hydrogen-bond donors (Lipinski definition) is 0. The van der Waals surface area contributed by atoms with Crippen molar-refractivity contribution in [1.82, 2.24) is 4.98 Å². The molecule has 5 atom stereocenters. The number of halogens is 1. The highest BCUT2D eigenvalue weighted by Gasteiger charge is 2.54. The van der Waals surface area contributed by atoms with E-state index in [2.05, 4.69) is 109 Å². The fourth-order valence-corrected chi connectivity index (χ4v) is 7.82. The molecule has 41 heavy (non-hydrogen) atoms. The highest BCUT2D eigenvalue weighted by molar-refractivity contribution is 5.99. The van der Waals surface area contributed by atoms with Crippen molar-refractivity contribution in [3.8, 4) is 0 Å². The summed E-state index contributed by atoms with van der Waals surface area (Å²) in [5.41, 5.74) is 3.71. The van der Waals surface area contributed by atoms with E-state index in [4.69, 9.17) is 4.74 Å². The van der Waals surface area contributed by atoms with E-state index in [1.165, 1.54) is 51.0 Å². The van der Waals surface area contributed by atoms with E-state index in [0.29, 0.717) is 24.5 Å². The van der Waals surface area contributed by atoms with Gasteiger partial charge in [-0.2, -0.15) is 0 Å². The lowest BCUT2D eigenvalue weighted by molar-refractivity contribution is -0.984. The van der Waals surface area contributed by atoms with Crippen LogP contribution in [0.5, 0.6) is 0 Å². The Kier molecular flexibility index (Phi) is 7.82. The van der Waals surface area contributed by atoms with Gasteiger partial charge in [-0.15, -0.1) is 13.2 Å². The number of nitrogens with zero attached hydrogens (tertiary/aromatic N) is 2. The number of benzene rings is 4. The first-order valence-corrected chi connectivity index (χ1v) is 14.6. The Morgan fingerprint density at radius 3 is 2.51 bits per heavy atom. The van der Waals surface area contributed by atoms with E-state index in [0.717, 1.165) is 29.5 Å². The second-order valence-electron chi connectivity index (χ2n) is 11.8. The van der Waals surface area contributed by atoms with Gasteiger partial charge in [-0.1, -0.05) is 72.8 Å². The van der Waals surface area contributed by atoms with E-state index in [9.17, 15) is 0 Å². The Morgan fingerprint density at radius 2 is 1.68 bits per heavy atom. The van der Waals surface area contributed by atoms with Gasteiger partial charge in [0.05, 0.1) is 25.2 Å². The Bertz CT molecular complexity index is 1730. The maximum Gasteiger partial charge on any atom is 0.135 e. The number of aromatic nitrogens is 1. The third-order valence-electron chi connectivity index (χ3n) is 9.73. The first-order valence-electron chi connectivity index (χ1n) is 14.6. The van der Waals surface area contributed by atoms with Crippen molar-refractivity contribution in [2.75, 3.05) is 19.7 Å². The van der Waals surface area contributed by atoms with Crippen LogP contribution in [0.1, 0.15) is 30.1 Å². The van der Waals surface area contributed by atoms with Crippen molar-refractivity contribution in [2.45, 2.75) is 31.5 Å². The van der Waals surface area contributed by atoms with E-state index in [1.54, 1.807) is 0 Å². The van der Waals surface area contributed by atoms with Crippen molar-refractivity contribution in [2.24, 2.45) is 11.8 Å². The maximum absolute atomic E-state index is 6.77. The third-order valence-corrected chi connectivity index (χ3v) is 9.73. The first-order chi connectivity index (χ1) is 19.7. The van der Waals surface area contributed by atoms with E-state index >= 15 is 0 Å². The van der Waals surface area contributed by atoms with Crippen molar-refractivity contribution < 1.29 is 26.2 Å². The van der Waals surface area contributed by atoms with Crippen LogP contribution in [0.4, 0.5) is 0 Å². The maximum atomic E-state index is 6.77. The molecule has 3 saturated heterocycles. The van der Waals surface area contributed by atoms with Crippen LogP contribution in [0.25, 0.3) is 32.4 Å². The molecule has 0 spiro atoms. The lowest BCUT2D eigenvalue weighted by Crippen LogP contribution is -3.00. The van der Waals surface area contributed by atoms with Gasteiger partial charge in [0.15, 0.2) is 0 Å². The Balaban J connectivity index is 0.00000302. The summed E-state index contributed by atoms with van der Waals surface area (Å²) in [6.45, 7) is 12.1. The topological polar surface area (TPSA) is 22.1 Å². The predicted octanol–water partition coefficient (Wildman–Crippen LogP) is 5.40. The Morgan fingerprint density at radius 1 is 0.902 bits per heavy atom. The van der Waals surface area contributed by atoms with E-state index < -0.39 is 0 Å². The zero-order valence-electron chi connectivity index (χ0n) is 23.5. The minimum atomic E-state index is -0.0322. The summed E-state index contributed by atoms with van der Waals surface area (Å²) in [7, 11) is 0. The summed E-state index contributed by atoms with van der Waals surface area (Å²) in [5.74, 6) is 1.19. The minimum Gasteiger partial charge on any atom is -1.00 e. The predicted molar refractivity (Wildman–Crippen MR) is 166 cm³/mol. The number of ether oxygens (including phenoxy) is 1. The fraction of sp³-hybridized carbons (Fsp3) is 0.270. The van der Waals surface area contributed by atoms with Gasteiger partial charge in [-0.25, -0.2) is 0 Å². The monoisotopic (exact) mass is 604 g/mol. The third kappa shape index (κ3) is 4.92. The first kappa shape index (κ1) is 27.8. The molecule has 0 saturated carbocycles. The summed E-state index contributed by atoms with van der Waals surface area (Å²) in [6, 6.07) is 31.3. The largest absolute Gasteiger partial charge is 1.00 e. The van der Waals surface area contributed by atoms with Gasteiger partial charge in [0, 0.05) is 35.9 Å². The van der Waals surface area contributed by atoms with Crippen molar-refractivity contribution in [3.05, 3.63) is 128 Å². The zero-order valence-corrected chi connectivity index (χ0v) is 25.0. The number of pyridine rings is 1. The second kappa shape index (κ2) is 11.5. The summed E-state index contributed by atoms with van der Waals surface area (Å²) in [6.07, 6.45) is 8.42. The van der Waals surface area contributed by atoms with E-state index in [-0.39, 0.29) is 23.1 Å². The van der Waals surface area contributed by atoms with Crippen molar-refractivity contribution in [3.63, 3.8) is 0 Å². The molecule has 5 aromatic rings. The highest BCUT2D eigenvalue weighted by atomic mass is 79.9. The number of rotatable bonds is 8. The van der Waals surface area contributed by atoms with Crippen LogP contribution >= 0.6 is 0 Å². The smallest absolute Gasteiger partial charge is 0.135 e. The SMILES string of the molecule is C=CCO[C@H](c1ccnc2ccccc12)[C@@H]1C[C@@H]2CC[N+]1(Cc1cccc3cc4ccccc4cc13)C[C@@H]2C=C.[Br-]. The van der Waals surface area contributed by atoms with Gasteiger partial charge in [0.1, 0.15) is 18.7 Å². The van der Waals surface area contributed by atoms with Crippen LogP contribution < -0.4 is 17.0 Å². The molecule has 0 aliphatic carbocycles. The van der Waals surface area contributed by atoms with Gasteiger partial charge < -0.3 is 26.2 Å². The lowest BCUT2D eigenvalue weighted by atomic mass is 9.71. The van der Waals surface area contributed by atoms with Gasteiger partial charge in [-0.3, -0.25) is 4.98 Å². The molecular weight excluding hydrogens is 568 g/mol. The molecule has 4 heterocycles. The second-order valence-corrected chi connectivity index (χ2v) is 11.8. The highest BCUT2D eigenvalue weighted by Crippen LogP contribution is 2.49. The normalized spacial score (nSPS) is 24.2. The summed E-state index contributed by atoms with van der Waals surface area (Å²) >= 11 is 0. The van der Waals surface area contributed by atoms with Crippen LogP contribution in [0.15, 0.2) is 116 Å². The lowest BCUT2D eigenvalue weighted by Gasteiger charge is -2.58. The Labute approximate surface area is 253 Å². The summed E-state index contributed by atoms with van der Waals surface area (Å²) in [4.78, 5) is 4.67. The molecule has 1 aromatic heterocycles. The van der Waals surface area contributed by atoms with Crippen LogP contribution in [-0.4, -0.2) is 35.2 Å². The standard InChI is InChI=1S/C37H37N2O.BrH/c1-3-20-40-37(33-16-18-38-35-15-8-7-14-32(33)35)36-23-29-17-19-39(36,24-26(29)4-2)25-31-13-9-12-30-21-27-10-5-6-11-28(27)22-34(30)31;/h3-16,18,21-22,26,29,36-37H,1-2,17,19-20,23-25H2;1H/q+1;/p-1/t26-,29-,36-,37+,39?;/m0./s1. The van der Waals surface area contributed by atoms with Crippen molar-refractivity contribution in [1.29, 1.82) is 0 Å². The van der Waals surface area contributed by atoms with Crippen LogP contribution in [0.3, 0.4) is 0 Å². The summed E-state index contributed by atoms with van der Waals surface area (Å²) in [5, 5.41) is 6.48. The van der Waals surface area contributed by atoms with Gasteiger partial charge in [0.2, 0.25) is 0 Å². The van der Waals surface area contributed by atoms with Crippen LogP contribution in [0, 0.1) is 11.8 Å². The molecule has 2 bridgehead atoms. The molecule has 8 rings (SSSR count). The number of fused-ring (bicyclic) bond motifs is 6. The molecule has 3 aliphatic rings. The number of piperidine rings is 3. The molecule has 0 amide bonds. The van der Waals surface area contributed by atoms with Gasteiger partial charge in [-0.05, 0) is 57.3 Å². The molecule has 3 nitrogen and oxygen atoms in total. The molecule has 1 unspecified atom stereocenters. The van der Waals surface area contributed by atoms with Crippen molar-refractivity contribution >= 4 is 32.4 Å². The molecule has 3 aliphatic heterocycles. The average Bonchev–Trinajstić information content (AvgIpc) is 3.01.